The number of anilines is 1. The molecule has 0 spiro atoms. The van der Waals surface area contributed by atoms with Gasteiger partial charge in [0.2, 0.25) is 5.91 Å². The molecule has 8 nitrogen and oxygen atoms in total. The lowest BCUT2D eigenvalue weighted by molar-refractivity contribution is -0.125. The quantitative estimate of drug-likeness (QED) is 0.420. The first-order valence-electron chi connectivity index (χ1n) is 12.8. The fourth-order valence-electron chi connectivity index (χ4n) is 6.12. The van der Waals surface area contributed by atoms with Crippen molar-refractivity contribution in [2.24, 2.45) is 0 Å². The van der Waals surface area contributed by atoms with E-state index in [2.05, 4.69) is 4.98 Å². The van der Waals surface area contributed by atoms with Crippen molar-refractivity contribution in [1.82, 2.24) is 9.88 Å². The molecule has 204 valence electrons. The molecule has 39 heavy (non-hydrogen) atoms. The number of halogens is 2. The number of aliphatic hydroxyl groups excluding tert-OH is 1. The summed E-state index contributed by atoms with van der Waals surface area (Å²) >= 11 is 12.3. The van der Waals surface area contributed by atoms with Crippen LogP contribution < -0.4 is 4.90 Å². The van der Waals surface area contributed by atoms with Crippen LogP contribution in [-0.4, -0.2) is 54.4 Å². The molecule has 0 aliphatic carbocycles. The molecule has 2 atom stereocenters. The highest BCUT2D eigenvalue weighted by Gasteiger charge is 2.58. The molecule has 1 aromatic heterocycles. The Morgan fingerprint density at radius 3 is 2.56 bits per heavy atom. The lowest BCUT2D eigenvalue weighted by Gasteiger charge is -2.38. The van der Waals surface area contributed by atoms with Crippen LogP contribution in [0, 0.1) is 13.8 Å². The van der Waals surface area contributed by atoms with Crippen LogP contribution in [0.3, 0.4) is 0 Å². The fourth-order valence-corrected chi connectivity index (χ4v) is 7.98. The molecule has 0 saturated carbocycles. The van der Waals surface area contributed by atoms with Gasteiger partial charge in [0.1, 0.15) is 0 Å². The second kappa shape index (κ2) is 9.37. The summed E-state index contributed by atoms with van der Waals surface area (Å²) in [5.74, 6) is -1.02. The van der Waals surface area contributed by atoms with Crippen molar-refractivity contribution >= 4 is 50.5 Å². The van der Waals surface area contributed by atoms with Crippen molar-refractivity contribution < 1.29 is 23.1 Å². The molecule has 3 aromatic rings. The van der Waals surface area contributed by atoms with Crippen molar-refractivity contribution in [2.45, 2.75) is 55.4 Å². The number of hydrogen-bond acceptors (Lipinski definition) is 5. The molecule has 2 saturated heterocycles. The highest BCUT2D eigenvalue weighted by atomic mass is 35.5. The number of piperidine rings is 1. The Labute approximate surface area is 236 Å². The average Bonchev–Trinajstić information content (AvgIpc) is 3.50. The van der Waals surface area contributed by atoms with Crippen LogP contribution in [0.1, 0.15) is 63.2 Å². The summed E-state index contributed by atoms with van der Waals surface area (Å²) in [5.41, 5.74) is 4.63. The van der Waals surface area contributed by atoms with Gasteiger partial charge >= 0.3 is 0 Å². The van der Waals surface area contributed by atoms with E-state index < -0.39 is 15.8 Å². The SMILES string of the molecule is Cc1[nH]c(C2C3C(=O)N2c2ccc(S(=O)(=O)Cc4cccc(Cl)c4Cl)cc23)c(C)c1C(=O)N1CCC(O)CC1. The van der Waals surface area contributed by atoms with Crippen molar-refractivity contribution in [3.8, 4) is 0 Å². The van der Waals surface area contributed by atoms with Gasteiger partial charge in [-0.05, 0) is 67.6 Å². The monoisotopic (exact) mass is 587 g/mol. The first-order chi connectivity index (χ1) is 18.5. The molecular formula is C28H27Cl2N3O5S. The summed E-state index contributed by atoms with van der Waals surface area (Å²) in [5, 5.41) is 10.3. The Morgan fingerprint density at radius 2 is 1.85 bits per heavy atom. The van der Waals surface area contributed by atoms with E-state index in [-0.39, 0.29) is 44.7 Å². The van der Waals surface area contributed by atoms with E-state index in [1.165, 1.54) is 6.07 Å². The zero-order chi connectivity index (χ0) is 27.8. The van der Waals surface area contributed by atoms with E-state index in [0.717, 1.165) is 17.0 Å². The fraction of sp³-hybridized carbons (Fsp3) is 0.357. The maximum atomic E-state index is 13.4. The molecule has 4 heterocycles. The largest absolute Gasteiger partial charge is 0.393 e. The summed E-state index contributed by atoms with van der Waals surface area (Å²) in [7, 11) is -3.77. The second-order valence-electron chi connectivity index (χ2n) is 10.5. The van der Waals surface area contributed by atoms with E-state index in [1.54, 1.807) is 40.1 Å². The molecule has 2 fully saturated rings. The van der Waals surface area contributed by atoms with Gasteiger partial charge in [0, 0.05) is 30.2 Å². The molecule has 2 N–H and O–H groups in total. The number of H-pyrrole nitrogens is 1. The van der Waals surface area contributed by atoms with Gasteiger partial charge in [0.05, 0.1) is 44.3 Å². The molecule has 3 aliphatic heterocycles. The lowest BCUT2D eigenvalue weighted by Crippen LogP contribution is -2.47. The van der Waals surface area contributed by atoms with Crippen LogP contribution in [0.2, 0.25) is 10.0 Å². The van der Waals surface area contributed by atoms with Crippen molar-refractivity contribution in [2.75, 3.05) is 18.0 Å². The third-order valence-electron chi connectivity index (χ3n) is 8.16. The van der Waals surface area contributed by atoms with Crippen LogP contribution in [0.4, 0.5) is 5.69 Å². The maximum absolute atomic E-state index is 13.4. The Bertz CT molecular complexity index is 1640. The predicted molar refractivity (Wildman–Crippen MR) is 148 cm³/mol. The highest BCUT2D eigenvalue weighted by molar-refractivity contribution is 7.90. The minimum Gasteiger partial charge on any atom is -0.393 e. The van der Waals surface area contributed by atoms with Crippen LogP contribution in [0.15, 0.2) is 41.3 Å². The van der Waals surface area contributed by atoms with Crippen LogP contribution in [0.5, 0.6) is 0 Å². The second-order valence-corrected chi connectivity index (χ2v) is 13.3. The molecule has 0 radical (unpaired) electrons. The molecule has 2 unspecified atom stereocenters. The predicted octanol–water partition coefficient (Wildman–Crippen LogP) is 4.69. The summed E-state index contributed by atoms with van der Waals surface area (Å²) in [6, 6.07) is 9.32. The number of nitrogens with one attached hydrogen (secondary N) is 1. The number of aromatic amines is 1. The maximum Gasteiger partial charge on any atom is 0.255 e. The molecular weight excluding hydrogens is 561 g/mol. The molecule has 2 bridgehead atoms. The minimum atomic E-state index is -3.77. The third kappa shape index (κ3) is 4.09. The standard InChI is InChI=1S/C28H27Cl2N3O5S/c1-14-22(27(35)32-10-8-17(34)9-11-32)15(2)31-25(14)26-23-19-12-18(6-7-21(19)33(26)28(23)36)39(37,38)13-16-4-3-5-20(29)24(16)30/h3-7,12,17,23,26,31,34H,8-11,13H2,1-2H3. The zero-order valence-electron chi connectivity index (χ0n) is 21.4. The van der Waals surface area contributed by atoms with Gasteiger partial charge in [-0.3, -0.25) is 9.59 Å². The summed E-state index contributed by atoms with van der Waals surface area (Å²) in [4.78, 5) is 33.3. The molecule has 2 aromatic carbocycles. The van der Waals surface area contributed by atoms with Crippen molar-refractivity contribution in [1.29, 1.82) is 0 Å². The Kier molecular flexibility index (Phi) is 6.34. The minimum absolute atomic E-state index is 0.0852. The number of aliphatic hydroxyl groups is 1. The number of fused-ring (bicyclic) bond motifs is 5. The van der Waals surface area contributed by atoms with Gasteiger partial charge in [-0.25, -0.2) is 8.42 Å². The summed E-state index contributed by atoms with van der Waals surface area (Å²) < 4.78 is 26.6. The Hall–Kier alpha value is -2.85. The highest BCUT2D eigenvalue weighted by Crippen LogP contribution is 2.59. The number of nitrogens with zero attached hydrogens (tertiary/aromatic N) is 2. The van der Waals surface area contributed by atoms with Gasteiger partial charge in [-0.2, -0.15) is 0 Å². The Balaban J connectivity index is 1.30. The summed E-state index contributed by atoms with van der Waals surface area (Å²) in [6.45, 7) is 4.72. The number of likely N-dealkylation sites (tertiary alicyclic amines) is 1. The topological polar surface area (TPSA) is 111 Å². The molecule has 11 heteroatoms. The van der Waals surface area contributed by atoms with Crippen molar-refractivity contribution in [3.63, 3.8) is 0 Å². The van der Waals surface area contributed by atoms with Crippen molar-refractivity contribution in [3.05, 3.63) is 80.1 Å². The summed E-state index contributed by atoms with van der Waals surface area (Å²) in [6.07, 6.45) is 0.730. The number of benzene rings is 2. The van der Waals surface area contributed by atoms with Gasteiger partial charge in [0.15, 0.2) is 9.84 Å². The van der Waals surface area contributed by atoms with E-state index >= 15 is 0 Å². The van der Waals surface area contributed by atoms with Crippen LogP contribution in [-0.2, 0) is 20.4 Å². The van der Waals surface area contributed by atoms with Gasteiger partial charge < -0.3 is 19.9 Å². The number of rotatable bonds is 5. The van der Waals surface area contributed by atoms with Gasteiger partial charge in [0.25, 0.3) is 5.91 Å². The number of carbonyl (C=O) groups is 2. The Morgan fingerprint density at radius 1 is 1.13 bits per heavy atom. The zero-order valence-corrected chi connectivity index (χ0v) is 23.7. The molecule has 6 rings (SSSR count). The number of carbonyl (C=O) groups excluding carboxylic acids is 2. The van der Waals surface area contributed by atoms with E-state index in [4.69, 9.17) is 23.2 Å². The number of hydrogen-bond donors (Lipinski definition) is 2. The van der Waals surface area contributed by atoms with Gasteiger partial charge in [-0.1, -0.05) is 35.3 Å². The number of amides is 2. The van der Waals surface area contributed by atoms with E-state index in [9.17, 15) is 23.1 Å². The molecule has 2 amide bonds. The van der Waals surface area contributed by atoms with Crippen LogP contribution in [0.25, 0.3) is 0 Å². The lowest BCUT2D eigenvalue weighted by atomic mass is 9.85. The van der Waals surface area contributed by atoms with E-state index in [0.29, 0.717) is 48.3 Å². The number of β-lactam (4-membered cyclic amide) rings is 1. The number of sulfone groups is 1. The molecule has 3 aliphatic rings. The first-order valence-corrected chi connectivity index (χ1v) is 15.2. The van der Waals surface area contributed by atoms with E-state index in [1.807, 2.05) is 13.8 Å². The average molecular weight is 589 g/mol. The van der Waals surface area contributed by atoms with Crippen LogP contribution >= 0.6 is 23.2 Å². The third-order valence-corrected chi connectivity index (χ3v) is 10.7. The normalized spacial score (nSPS) is 20.8. The van der Waals surface area contributed by atoms with Gasteiger partial charge in [-0.15, -0.1) is 0 Å². The smallest absolute Gasteiger partial charge is 0.255 e. The first kappa shape index (κ1) is 26.4. The number of aromatic nitrogens is 1. The number of aryl methyl sites for hydroxylation is 1.